The van der Waals surface area contributed by atoms with E-state index in [1.807, 2.05) is 0 Å². The first kappa shape index (κ1) is 22.8. The first-order valence-electron chi connectivity index (χ1n) is 8.89. The highest BCUT2D eigenvalue weighted by molar-refractivity contribution is 14.1. The third kappa shape index (κ3) is 5.39. The van der Waals surface area contributed by atoms with Gasteiger partial charge < -0.3 is 14.0 Å². The molecule has 1 rings (SSSR count). The number of aliphatic hydroxyl groups excluding tert-OH is 1. The molecule has 0 unspecified atom stereocenters. The van der Waals surface area contributed by atoms with Gasteiger partial charge in [0.1, 0.15) is 6.10 Å². The van der Waals surface area contributed by atoms with E-state index >= 15 is 0 Å². The van der Waals surface area contributed by atoms with Gasteiger partial charge in [-0.3, -0.25) is 0 Å². The molecule has 0 amide bonds. The first-order valence-corrected chi connectivity index (χ1v) is 15.8. The van der Waals surface area contributed by atoms with E-state index in [4.69, 9.17) is 8.85 Å². The molecule has 0 aromatic rings. The Kier molecular flexibility index (Phi) is 7.06. The van der Waals surface area contributed by atoms with Gasteiger partial charge in [-0.2, -0.15) is 0 Å². The van der Waals surface area contributed by atoms with Crippen LogP contribution in [0.1, 0.15) is 48.0 Å². The van der Waals surface area contributed by atoms with Crippen molar-refractivity contribution in [3.63, 3.8) is 0 Å². The van der Waals surface area contributed by atoms with Gasteiger partial charge in [0, 0.05) is 10.0 Å². The van der Waals surface area contributed by atoms with E-state index in [0.717, 1.165) is 10.0 Å². The van der Waals surface area contributed by atoms with Crippen molar-refractivity contribution in [2.75, 3.05) is 0 Å². The molecule has 1 aliphatic carbocycles. The lowest BCUT2D eigenvalue weighted by Crippen LogP contribution is -2.51. The van der Waals surface area contributed by atoms with Crippen LogP contribution in [0.25, 0.3) is 0 Å². The quantitative estimate of drug-likeness (QED) is 0.402. The molecule has 0 radical (unpaired) electrons. The summed E-state index contributed by atoms with van der Waals surface area (Å²) in [5, 5.41) is 10.9. The van der Waals surface area contributed by atoms with Gasteiger partial charge in [-0.05, 0) is 64.9 Å². The average Bonchev–Trinajstić information content (AvgIpc) is 2.31. The fraction of sp³-hybridized carbons (Fsp3) is 0.889. The lowest BCUT2D eigenvalue weighted by molar-refractivity contribution is 0.0190. The SMILES string of the molecule is CC(C)(C)[Si](C)(C)O[C@H]1C=C(I)[C@H](O)[C@H](O[Si](C)(C)C(C)(C)C)C1. The summed E-state index contributed by atoms with van der Waals surface area (Å²) in [4.78, 5) is 0. The highest BCUT2D eigenvalue weighted by Gasteiger charge is 2.44. The molecule has 0 fully saturated rings. The first-order chi connectivity index (χ1) is 10.5. The molecule has 0 bridgehead atoms. The minimum absolute atomic E-state index is 0.0379. The molecule has 0 aliphatic heterocycles. The molecule has 0 aromatic heterocycles. The molecule has 0 heterocycles. The maximum atomic E-state index is 10.6. The van der Waals surface area contributed by atoms with Crippen molar-refractivity contribution in [2.45, 2.75) is 103 Å². The predicted octanol–water partition coefficient (Wildman–Crippen LogP) is 5.85. The van der Waals surface area contributed by atoms with Crippen molar-refractivity contribution < 1.29 is 14.0 Å². The Hall–Kier alpha value is 0.784. The number of halogens is 1. The van der Waals surface area contributed by atoms with Crippen LogP contribution < -0.4 is 0 Å². The van der Waals surface area contributed by atoms with E-state index in [1.54, 1.807) is 0 Å². The lowest BCUT2D eigenvalue weighted by Gasteiger charge is -2.44. The molecule has 3 atom stereocenters. The second-order valence-corrected chi connectivity index (χ2v) is 20.8. The van der Waals surface area contributed by atoms with Crippen LogP contribution in [-0.4, -0.2) is 40.1 Å². The Morgan fingerprint density at radius 3 is 1.79 bits per heavy atom. The third-order valence-corrected chi connectivity index (χ3v) is 16.0. The molecule has 24 heavy (non-hydrogen) atoms. The average molecular weight is 485 g/mol. The summed E-state index contributed by atoms with van der Waals surface area (Å²) in [6.07, 6.45) is 2.18. The molecule has 3 nitrogen and oxygen atoms in total. The number of hydrogen-bond acceptors (Lipinski definition) is 3. The van der Waals surface area contributed by atoms with Gasteiger partial charge in [0.25, 0.3) is 0 Å². The van der Waals surface area contributed by atoms with E-state index in [1.165, 1.54) is 0 Å². The Labute approximate surface area is 165 Å². The van der Waals surface area contributed by atoms with Gasteiger partial charge in [-0.25, -0.2) is 0 Å². The maximum Gasteiger partial charge on any atom is 0.192 e. The van der Waals surface area contributed by atoms with Crippen molar-refractivity contribution in [3.05, 3.63) is 9.66 Å². The predicted molar refractivity (Wildman–Crippen MR) is 117 cm³/mol. The van der Waals surface area contributed by atoms with Gasteiger partial charge in [-0.15, -0.1) is 0 Å². The number of rotatable bonds is 4. The summed E-state index contributed by atoms with van der Waals surface area (Å²) in [7, 11) is -3.77. The van der Waals surface area contributed by atoms with Gasteiger partial charge in [0.15, 0.2) is 16.6 Å². The fourth-order valence-corrected chi connectivity index (χ4v) is 5.60. The second kappa shape index (κ2) is 7.42. The van der Waals surface area contributed by atoms with Crippen molar-refractivity contribution >= 4 is 39.2 Å². The Morgan fingerprint density at radius 1 is 0.958 bits per heavy atom. The number of aliphatic hydroxyl groups is 1. The van der Waals surface area contributed by atoms with Crippen molar-refractivity contribution in [2.24, 2.45) is 0 Å². The second-order valence-electron chi connectivity index (χ2n) is 10.1. The Bertz CT molecular complexity index is 476. The van der Waals surface area contributed by atoms with E-state index in [-0.39, 0.29) is 22.3 Å². The van der Waals surface area contributed by atoms with E-state index < -0.39 is 22.7 Å². The zero-order valence-electron chi connectivity index (χ0n) is 17.2. The standard InChI is InChI=1S/C18H37IO3Si2/c1-17(2,3)23(7,8)21-13-11-14(19)16(20)15(12-13)22-24(9,10)18(4,5)6/h11,13,15-16,20H,12H2,1-10H3/t13-,15+,16-/m0/s1. The molecule has 0 saturated heterocycles. The van der Waals surface area contributed by atoms with E-state index in [9.17, 15) is 5.11 Å². The van der Waals surface area contributed by atoms with Crippen molar-refractivity contribution in [1.82, 2.24) is 0 Å². The zero-order valence-corrected chi connectivity index (χ0v) is 21.3. The van der Waals surface area contributed by atoms with Gasteiger partial charge >= 0.3 is 0 Å². The summed E-state index contributed by atoms with van der Waals surface area (Å²) in [6, 6.07) is 0. The Morgan fingerprint density at radius 2 is 1.38 bits per heavy atom. The normalized spacial score (nSPS) is 27.2. The minimum atomic E-state index is -1.92. The van der Waals surface area contributed by atoms with Crippen LogP contribution in [0.3, 0.4) is 0 Å². The minimum Gasteiger partial charge on any atom is -0.411 e. The highest BCUT2D eigenvalue weighted by Crippen LogP contribution is 2.42. The molecule has 0 spiro atoms. The van der Waals surface area contributed by atoms with Crippen molar-refractivity contribution in [3.8, 4) is 0 Å². The van der Waals surface area contributed by atoms with Gasteiger partial charge in [0.05, 0.1) is 12.2 Å². The van der Waals surface area contributed by atoms with Crippen molar-refractivity contribution in [1.29, 1.82) is 0 Å². The van der Waals surface area contributed by atoms with Crippen LogP contribution in [0.5, 0.6) is 0 Å². The summed E-state index contributed by atoms with van der Waals surface area (Å²) in [6.45, 7) is 22.5. The molecule has 142 valence electrons. The van der Waals surface area contributed by atoms with Gasteiger partial charge in [-0.1, -0.05) is 41.5 Å². The monoisotopic (exact) mass is 484 g/mol. The van der Waals surface area contributed by atoms with Crippen LogP contribution in [0.2, 0.25) is 36.3 Å². The number of hydrogen-bond donors (Lipinski definition) is 1. The summed E-state index contributed by atoms with van der Waals surface area (Å²) >= 11 is 2.24. The maximum absolute atomic E-state index is 10.6. The molecule has 6 heteroatoms. The summed E-state index contributed by atoms with van der Waals surface area (Å²) in [5.74, 6) is 0. The van der Waals surface area contributed by atoms with E-state index in [0.29, 0.717) is 0 Å². The molecule has 0 aromatic carbocycles. The smallest absolute Gasteiger partial charge is 0.192 e. The zero-order chi connectivity index (χ0) is 19.1. The van der Waals surface area contributed by atoms with Crippen LogP contribution in [0.4, 0.5) is 0 Å². The Balaban J connectivity index is 2.95. The summed E-state index contributed by atoms with van der Waals surface area (Å²) in [5.41, 5.74) is 0. The topological polar surface area (TPSA) is 38.7 Å². The van der Waals surface area contributed by atoms with Gasteiger partial charge in [0.2, 0.25) is 0 Å². The third-order valence-electron chi connectivity index (χ3n) is 5.95. The van der Waals surface area contributed by atoms with Crippen LogP contribution >= 0.6 is 22.6 Å². The molecular formula is C18H37IO3Si2. The molecule has 0 saturated carbocycles. The fourth-order valence-electron chi connectivity index (χ4n) is 2.18. The molecule has 1 N–H and O–H groups in total. The van der Waals surface area contributed by atoms with E-state index in [2.05, 4.69) is 96.4 Å². The largest absolute Gasteiger partial charge is 0.411 e. The molecule has 1 aliphatic rings. The highest BCUT2D eigenvalue weighted by atomic mass is 127. The van der Waals surface area contributed by atoms with Crippen LogP contribution in [0, 0.1) is 0 Å². The molecular weight excluding hydrogens is 447 g/mol. The summed E-state index contributed by atoms with van der Waals surface area (Å²) < 4.78 is 14.1. The lowest BCUT2D eigenvalue weighted by atomic mass is 10.00. The van der Waals surface area contributed by atoms with Crippen LogP contribution in [0.15, 0.2) is 9.66 Å². The van der Waals surface area contributed by atoms with Crippen LogP contribution in [-0.2, 0) is 8.85 Å².